The van der Waals surface area contributed by atoms with Gasteiger partial charge in [0.1, 0.15) is 6.61 Å². The SMILES string of the molecule is CC(C)n1cc(C(=O)OCc2ccccc2)cn1. The zero-order valence-electron chi connectivity index (χ0n) is 10.5. The molecular weight excluding hydrogens is 228 g/mol. The molecule has 0 N–H and O–H groups in total. The molecule has 0 aliphatic carbocycles. The average Bonchev–Trinajstić information content (AvgIpc) is 2.87. The second-order valence-electron chi connectivity index (χ2n) is 4.36. The van der Waals surface area contributed by atoms with E-state index in [1.54, 1.807) is 10.9 Å². The molecule has 1 aromatic carbocycles. The van der Waals surface area contributed by atoms with Crippen LogP contribution in [0.4, 0.5) is 0 Å². The van der Waals surface area contributed by atoms with Gasteiger partial charge in [-0.15, -0.1) is 0 Å². The number of nitrogens with zero attached hydrogens (tertiary/aromatic N) is 2. The van der Waals surface area contributed by atoms with Gasteiger partial charge in [0.2, 0.25) is 0 Å². The third-order valence-electron chi connectivity index (χ3n) is 2.58. The van der Waals surface area contributed by atoms with Gasteiger partial charge in [-0.25, -0.2) is 4.79 Å². The summed E-state index contributed by atoms with van der Waals surface area (Å²) in [4.78, 5) is 11.8. The molecule has 0 saturated heterocycles. The first-order valence-corrected chi connectivity index (χ1v) is 5.92. The minimum Gasteiger partial charge on any atom is -0.457 e. The first kappa shape index (κ1) is 12.4. The fraction of sp³-hybridized carbons (Fsp3) is 0.286. The Kier molecular flexibility index (Phi) is 3.77. The Labute approximate surface area is 106 Å². The van der Waals surface area contributed by atoms with Gasteiger partial charge < -0.3 is 4.74 Å². The highest BCUT2D eigenvalue weighted by molar-refractivity contribution is 5.88. The maximum atomic E-state index is 11.8. The first-order chi connectivity index (χ1) is 8.66. The second kappa shape index (κ2) is 5.49. The average molecular weight is 244 g/mol. The van der Waals surface area contributed by atoms with Crippen LogP contribution in [-0.4, -0.2) is 15.7 Å². The molecule has 1 heterocycles. The van der Waals surface area contributed by atoms with Gasteiger partial charge >= 0.3 is 5.97 Å². The molecule has 18 heavy (non-hydrogen) atoms. The lowest BCUT2D eigenvalue weighted by atomic mass is 10.2. The summed E-state index contributed by atoms with van der Waals surface area (Å²) in [6, 6.07) is 9.84. The van der Waals surface area contributed by atoms with Crippen LogP contribution >= 0.6 is 0 Å². The number of aromatic nitrogens is 2. The standard InChI is InChI=1S/C14H16N2O2/c1-11(2)16-9-13(8-15-16)14(17)18-10-12-6-4-3-5-7-12/h3-9,11H,10H2,1-2H3. The largest absolute Gasteiger partial charge is 0.457 e. The van der Waals surface area contributed by atoms with Crippen molar-refractivity contribution in [3.63, 3.8) is 0 Å². The molecule has 94 valence electrons. The Morgan fingerprint density at radius 1 is 1.33 bits per heavy atom. The molecule has 0 unspecified atom stereocenters. The highest BCUT2D eigenvalue weighted by Crippen LogP contribution is 2.08. The summed E-state index contributed by atoms with van der Waals surface area (Å²) in [5.41, 5.74) is 1.46. The fourth-order valence-electron chi connectivity index (χ4n) is 1.53. The van der Waals surface area contributed by atoms with Gasteiger partial charge in [-0.2, -0.15) is 5.10 Å². The molecule has 1 aromatic heterocycles. The van der Waals surface area contributed by atoms with Crippen LogP contribution in [0.3, 0.4) is 0 Å². The van der Waals surface area contributed by atoms with Crippen molar-refractivity contribution >= 4 is 5.97 Å². The predicted octanol–water partition coefficient (Wildman–Crippen LogP) is 2.82. The molecule has 0 atom stereocenters. The van der Waals surface area contributed by atoms with Crippen LogP contribution in [0.2, 0.25) is 0 Å². The zero-order chi connectivity index (χ0) is 13.0. The van der Waals surface area contributed by atoms with E-state index in [0.29, 0.717) is 5.56 Å². The van der Waals surface area contributed by atoms with E-state index in [4.69, 9.17) is 4.74 Å². The van der Waals surface area contributed by atoms with E-state index in [-0.39, 0.29) is 18.6 Å². The Morgan fingerprint density at radius 2 is 2.06 bits per heavy atom. The lowest BCUT2D eigenvalue weighted by molar-refractivity contribution is 0.0472. The van der Waals surface area contributed by atoms with E-state index >= 15 is 0 Å². The van der Waals surface area contributed by atoms with Gasteiger partial charge in [-0.3, -0.25) is 4.68 Å². The Balaban J connectivity index is 1.95. The highest BCUT2D eigenvalue weighted by Gasteiger charge is 2.11. The van der Waals surface area contributed by atoms with E-state index in [2.05, 4.69) is 5.10 Å². The Bertz CT molecular complexity index is 518. The topological polar surface area (TPSA) is 44.1 Å². The van der Waals surface area contributed by atoms with Crippen molar-refractivity contribution < 1.29 is 9.53 Å². The molecule has 0 aliphatic rings. The highest BCUT2D eigenvalue weighted by atomic mass is 16.5. The third kappa shape index (κ3) is 2.97. The molecule has 4 nitrogen and oxygen atoms in total. The molecule has 2 aromatic rings. The summed E-state index contributed by atoms with van der Waals surface area (Å²) >= 11 is 0. The van der Waals surface area contributed by atoms with Gasteiger partial charge in [0, 0.05) is 12.2 Å². The minimum atomic E-state index is -0.342. The number of rotatable bonds is 4. The van der Waals surface area contributed by atoms with Crippen LogP contribution in [0.25, 0.3) is 0 Å². The smallest absolute Gasteiger partial charge is 0.341 e. The van der Waals surface area contributed by atoms with Crippen molar-refractivity contribution in [2.75, 3.05) is 0 Å². The van der Waals surface area contributed by atoms with Crippen molar-refractivity contribution in [1.29, 1.82) is 0 Å². The number of hydrogen-bond donors (Lipinski definition) is 0. The molecule has 0 fully saturated rings. The molecule has 0 aliphatic heterocycles. The van der Waals surface area contributed by atoms with Gasteiger partial charge in [0.05, 0.1) is 11.8 Å². The molecule has 0 bridgehead atoms. The lowest BCUT2D eigenvalue weighted by Crippen LogP contribution is -2.05. The van der Waals surface area contributed by atoms with Gasteiger partial charge in [-0.1, -0.05) is 30.3 Å². The number of esters is 1. The third-order valence-corrected chi connectivity index (χ3v) is 2.58. The van der Waals surface area contributed by atoms with Gasteiger partial charge in [0.25, 0.3) is 0 Å². The van der Waals surface area contributed by atoms with Gasteiger partial charge in [0.15, 0.2) is 0 Å². The second-order valence-corrected chi connectivity index (χ2v) is 4.36. The normalized spacial score (nSPS) is 10.6. The van der Waals surface area contributed by atoms with Gasteiger partial charge in [-0.05, 0) is 19.4 Å². The number of carbonyl (C=O) groups excluding carboxylic acids is 1. The molecule has 0 saturated carbocycles. The molecule has 0 spiro atoms. The molecule has 0 amide bonds. The number of ether oxygens (including phenoxy) is 1. The van der Waals surface area contributed by atoms with Crippen LogP contribution in [0.15, 0.2) is 42.7 Å². The fourth-order valence-corrected chi connectivity index (χ4v) is 1.53. The summed E-state index contributed by atoms with van der Waals surface area (Å²) in [7, 11) is 0. The van der Waals surface area contributed by atoms with Crippen LogP contribution < -0.4 is 0 Å². The summed E-state index contributed by atoms with van der Waals surface area (Å²) in [6.45, 7) is 4.30. The van der Waals surface area contributed by atoms with Crippen molar-refractivity contribution in [1.82, 2.24) is 9.78 Å². The number of benzene rings is 1. The van der Waals surface area contributed by atoms with Crippen molar-refractivity contribution in [2.45, 2.75) is 26.5 Å². The van der Waals surface area contributed by atoms with E-state index in [0.717, 1.165) is 5.56 Å². The summed E-state index contributed by atoms with van der Waals surface area (Å²) in [6.07, 6.45) is 3.24. The van der Waals surface area contributed by atoms with E-state index in [1.807, 2.05) is 44.2 Å². The molecule has 0 radical (unpaired) electrons. The monoisotopic (exact) mass is 244 g/mol. The minimum absolute atomic E-state index is 0.237. The maximum absolute atomic E-state index is 11.8. The van der Waals surface area contributed by atoms with Crippen molar-refractivity contribution in [3.05, 3.63) is 53.9 Å². The van der Waals surface area contributed by atoms with E-state index in [9.17, 15) is 4.79 Å². The van der Waals surface area contributed by atoms with E-state index in [1.165, 1.54) is 6.20 Å². The molecule has 2 rings (SSSR count). The van der Waals surface area contributed by atoms with Crippen LogP contribution in [-0.2, 0) is 11.3 Å². The summed E-state index contributed by atoms with van der Waals surface area (Å²) < 4.78 is 6.95. The lowest BCUT2D eigenvalue weighted by Gasteiger charge is -2.04. The molecule has 4 heteroatoms. The van der Waals surface area contributed by atoms with Crippen molar-refractivity contribution in [3.8, 4) is 0 Å². The summed E-state index contributed by atoms with van der Waals surface area (Å²) in [5, 5.41) is 4.11. The van der Waals surface area contributed by atoms with Crippen LogP contribution in [0.5, 0.6) is 0 Å². The maximum Gasteiger partial charge on any atom is 0.341 e. The van der Waals surface area contributed by atoms with Crippen molar-refractivity contribution in [2.24, 2.45) is 0 Å². The summed E-state index contributed by atoms with van der Waals surface area (Å²) in [5.74, 6) is -0.342. The Morgan fingerprint density at radius 3 is 2.67 bits per heavy atom. The van der Waals surface area contributed by atoms with E-state index < -0.39 is 0 Å². The van der Waals surface area contributed by atoms with Crippen LogP contribution in [0.1, 0.15) is 35.8 Å². The number of hydrogen-bond acceptors (Lipinski definition) is 3. The number of carbonyl (C=O) groups is 1. The first-order valence-electron chi connectivity index (χ1n) is 5.92. The predicted molar refractivity (Wildman–Crippen MR) is 68.2 cm³/mol. The molecular formula is C14H16N2O2. The Hall–Kier alpha value is -2.10. The quantitative estimate of drug-likeness (QED) is 0.777. The van der Waals surface area contributed by atoms with Crippen LogP contribution in [0, 0.1) is 0 Å². The zero-order valence-corrected chi connectivity index (χ0v) is 10.5.